The molecule has 0 fully saturated rings. The Labute approximate surface area is 97.3 Å². The molecule has 2 aromatic rings. The van der Waals surface area contributed by atoms with Gasteiger partial charge in [-0.3, -0.25) is 0 Å². The van der Waals surface area contributed by atoms with Crippen LogP contribution < -0.4 is 0 Å². The summed E-state index contributed by atoms with van der Waals surface area (Å²) in [5.41, 5.74) is 5.27. The lowest BCUT2D eigenvalue weighted by atomic mass is 9.97. The average Bonchev–Trinajstić information content (AvgIpc) is 2.39. The normalized spacial score (nSPS) is 12.1. The smallest absolute Gasteiger partial charge is 0.0224 e. The van der Waals surface area contributed by atoms with E-state index in [-0.39, 0.29) is 0 Å². The van der Waals surface area contributed by atoms with Gasteiger partial charge in [-0.05, 0) is 36.1 Å². The predicted molar refractivity (Wildman–Crippen MR) is 71.0 cm³/mol. The maximum absolute atomic E-state index is 2.18. The molecule has 0 aliphatic heterocycles. The molecular weight excluding hydrogens is 192 g/mol. The third-order valence-electron chi connectivity index (χ3n) is 2.98. The Morgan fingerprint density at radius 2 is 0.875 bits per heavy atom. The average molecular weight is 208 g/mol. The van der Waals surface area contributed by atoms with Gasteiger partial charge in [-0.25, -0.2) is 0 Å². The van der Waals surface area contributed by atoms with Crippen molar-refractivity contribution in [2.45, 2.75) is 13.8 Å². The minimum Gasteiger partial charge on any atom is -0.0622 e. The molecule has 0 heterocycles. The van der Waals surface area contributed by atoms with Crippen molar-refractivity contribution in [3.8, 4) is 0 Å². The molecule has 0 amide bonds. The second-order valence-corrected chi connectivity index (χ2v) is 3.98. The third-order valence-corrected chi connectivity index (χ3v) is 2.98. The fourth-order valence-corrected chi connectivity index (χ4v) is 1.81. The Balaban J connectivity index is 2.43. The quantitative estimate of drug-likeness (QED) is 0.631. The lowest BCUT2D eigenvalue weighted by Gasteiger charge is -2.08. The maximum atomic E-state index is 2.18. The van der Waals surface area contributed by atoms with Crippen molar-refractivity contribution in [2.75, 3.05) is 0 Å². The molecule has 0 aliphatic rings. The highest BCUT2D eigenvalue weighted by Crippen LogP contribution is 2.24. The van der Waals surface area contributed by atoms with Crippen molar-refractivity contribution in [3.05, 3.63) is 71.8 Å². The van der Waals surface area contributed by atoms with E-state index in [1.54, 1.807) is 0 Å². The molecule has 2 aromatic carbocycles. The van der Waals surface area contributed by atoms with Crippen LogP contribution in [0.15, 0.2) is 60.7 Å². The van der Waals surface area contributed by atoms with Crippen molar-refractivity contribution in [3.63, 3.8) is 0 Å². The molecule has 0 heteroatoms. The largest absolute Gasteiger partial charge is 0.0622 e. The van der Waals surface area contributed by atoms with Gasteiger partial charge in [0.05, 0.1) is 0 Å². The van der Waals surface area contributed by atoms with E-state index in [1.165, 1.54) is 22.3 Å². The lowest BCUT2D eigenvalue weighted by molar-refractivity contribution is 1.51. The Morgan fingerprint density at radius 3 is 1.19 bits per heavy atom. The van der Waals surface area contributed by atoms with Gasteiger partial charge in [0.1, 0.15) is 0 Å². The molecule has 0 unspecified atom stereocenters. The zero-order chi connectivity index (χ0) is 11.4. The van der Waals surface area contributed by atoms with Crippen molar-refractivity contribution >= 4 is 11.1 Å². The fraction of sp³-hybridized carbons (Fsp3) is 0.125. The van der Waals surface area contributed by atoms with E-state index in [0.29, 0.717) is 0 Å². The van der Waals surface area contributed by atoms with Gasteiger partial charge < -0.3 is 0 Å². The van der Waals surface area contributed by atoms with Gasteiger partial charge in [0.25, 0.3) is 0 Å². The molecule has 0 spiro atoms. The van der Waals surface area contributed by atoms with Crippen LogP contribution in [-0.2, 0) is 0 Å². The summed E-state index contributed by atoms with van der Waals surface area (Å²) in [6, 6.07) is 21.0. The molecule has 0 bridgehead atoms. The Morgan fingerprint density at radius 1 is 0.562 bits per heavy atom. The molecule has 0 radical (unpaired) electrons. The van der Waals surface area contributed by atoms with Crippen molar-refractivity contribution in [2.24, 2.45) is 0 Å². The molecule has 0 N–H and O–H groups in total. The lowest BCUT2D eigenvalue weighted by Crippen LogP contribution is -1.85. The number of hydrogen-bond donors (Lipinski definition) is 0. The van der Waals surface area contributed by atoms with E-state index in [1.807, 2.05) is 0 Å². The van der Waals surface area contributed by atoms with E-state index in [9.17, 15) is 0 Å². The summed E-state index contributed by atoms with van der Waals surface area (Å²) < 4.78 is 0. The minimum atomic E-state index is 1.30. The van der Waals surface area contributed by atoms with Gasteiger partial charge in [-0.2, -0.15) is 0 Å². The first-order valence-electron chi connectivity index (χ1n) is 5.57. The summed E-state index contributed by atoms with van der Waals surface area (Å²) in [7, 11) is 0. The summed E-state index contributed by atoms with van der Waals surface area (Å²) >= 11 is 0. The van der Waals surface area contributed by atoms with Crippen LogP contribution in [0.3, 0.4) is 0 Å². The van der Waals surface area contributed by atoms with Crippen LogP contribution in [0.2, 0.25) is 0 Å². The Bertz CT molecular complexity index is 430. The minimum absolute atomic E-state index is 1.30. The van der Waals surface area contributed by atoms with Gasteiger partial charge in [0.15, 0.2) is 0 Å². The zero-order valence-corrected chi connectivity index (χ0v) is 9.77. The number of rotatable bonds is 2. The van der Waals surface area contributed by atoms with Gasteiger partial charge in [-0.15, -0.1) is 0 Å². The summed E-state index contributed by atoms with van der Waals surface area (Å²) in [6.45, 7) is 4.36. The molecule has 0 saturated carbocycles. The Hall–Kier alpha value is -1.82. The molecule has 80 valence electrons. The topological polar surface area (TPSA) is 0 Å². The summed E-state index contributed by atoms with van der Waals surface area (Å²) in [6.07, 6.45) is 0. The van der Waals surface area contributed by atoms with Crippen LogP contribution in [0, 0.1) is 0 Å². The first-order chi connectivity index (χ1) is 7.79. The molecule has 16 heavy (non-hydrogen) atoms. The highest BCUT2D eigenvalue weighted by Gasteiger charge is 2.01. The maximum Gasteiger partial charge on any atom is -0.0224 e. The van der Waals surface area contributed by atoms with E-state index in [0.717, 1.165) is 0 Å². The van der Waals surface area contributed by atoms with Crippen molar-refractivity contribution in [1.82, 2.24) is 0 Å². The van der Waals surface area contributed by atoms with Gasteiger partial charge in [-0.1, -0.05) is 60.7 Å². The molecule has 0 aliphatic carbocycles. The van der Waals surface area contributed by atoms with Crippen LogP contribution in [0.4, 0.5) is 0 Å². The number of hydrogen-bond acceptors (Lipinski definition) is 0. The van der Waals surface area contributed by atoms with Gasteiger partial charge >= 0.3 is 0 Å². The third kappa shape index (κ3) is 2.22. The van der Waals surface area contributed by atoms with E-state index in [2.05, 4.69) is 74.5 Å². The predicted octanol–water partition coefficient (Wildman–Crippen LogP) is 4.64. The molecule has 0 saturated heterocycles. The highest BCUT2D eigenvalue weighted by molar-refractivity contribution is 5.88. The highest BCUT2D eigenvalue weighted by atomic mass is 14.1. The van der Waals surface area contributed by atoms with E-state index in [4.69, 9.17) is 0 Å². The molecule has 0 aromatic heterocycles. The van der Waals surface area contributed by atoms with Crippen molar-refractivity contribution < 1.29 is 0 Å². The van der Waals surface area contributed by atoms with Crippen LogP contribution in [0.5, 0.6) is 0 Å². The number of benzene rings is 2. The summed E-state index contributed by atoms with van der Waals surface area (Å²) in [4.78, 5) is 0. The van der Waals surface area contributed by atoms with Gasteiger partial charge in [0.2, 0.25) is 0 Å². The summed E-state index contributed by atoms with van der Waals surface area (Å²) in [5, 5.41) is 0. The molecular formula is C16H16. The fourth-order valence-electron chi connectivity index (χ4n) is 1.81. The Kier molecular flexibility index (Phi) is 3.21. The van der Waals surface area contributed by atoms with E-state index < -0.39 is 0 Å². The molecule has 0 atom stereocenters. The zero-order valence-electron chi connectivity index (χ0n) is 9.77. The first-order valence-corrected chi connectivity index (χ1v) is 5.57. The summed E-state index contributed by atoms with van der Waals surface area (Å²) in [5.74, 6) is 0. The van der Waals surface area contributed by atoms with Crippen LogP contribution in [0.1, 0.15) is 25.0 Å². The second-order valence-electron chi connectivity index (χ2n) is 3.98. The van der Waals surface area contributed by atoms with Crippen LogP contribution in [0.25, 0.3) is 11.1 Å². The van der Waals surface area contributed by atoms with E-state index >= 15 is 0 Å². The standard InChI is InChI=1S/C16H16/c1-13(15-9-5-3-6-10-15)14(2)16-11-7-4-8-12-16/h3-12H,1-2H3/b14-13+. The second kappa shape index (κ2) is 4.80. The van der Waals surface area contributed by atoms with Crippen LogP contribution in [-0.4, -0.2) is 0 Å². The molecule has 2 rings (SSSR count). The monoisotopic (exact) mass is 208 g/mol. The molecule has 0 nitrogen and oxygen atoms in total. The number of allylic oxidation sites excluding steroid dienone is 2. The van der Waals surface area contributed by atoms with Gasteiger partial charge in [0, 0.05) is 0 Å². The van der Waals surface area contributed by atoms with Crippen LogP contribution >= 0.6 is 0 Å². The first kappa shape index (κ1) is 10.7. The SMILES string of the molecule is C/C(=C(/C)c1ccccc1)c1ccccc1. The van der Waals surface area contributed by atoms with Crippen molar-refractivity contribution in [1.29, 1.82) is 0 Å².